The number of hydrogen-bond acceptors (Lipinski definition) is 3. The van der Waals surface area contributed by atoms with E-state index in [0.717, 1.165) is 41.5 Å². The Kier molecular flexibility index (Phi) is 5.56. The zero-order valence-electron chi connectivity index (χ0n) is 13.3. The molecule has 1 saturated heterocycles. The molecule has 120 valence electrons. The van der Waals surface area contributed by atoms with Gasteiger partial charge >= 0.3 is 0 Å². The maximum Gasteiger partial charge on any atom is 0.225 e. The molecule has 0 spiro atoms. The van der Waals surface area contributed by atoms with Crippen molar-refractivity contribution >= 4 is 33.6 Å². The van der Waals surface area contributed by atoms with Crippen LogP contribution in [-0.2, 0) is 9.59 Å². The number of aromatic nitrogens is 1. The van der Waals surface area contributed by atoms with Crippen molar-refractivity contribution < 1.29 is 9.59 Å². The summed E-state index contributed by atoms with van der Waals surface area (Å²) in [6.45, 7) is 7.05. The maximum absolute atomic E-state index is 12.2. The fourth-order valence-corrected chi connectivity index (χ4v) is 3.09. The Morgan fingerprint density at radius 1 is 1.32 bits per heavy atom. The summed E-state index contributed by atoms with van der Waals surface area (Å²) < 4.78 is 0.944. The SMILES string of the molecule is CC(=O)N1CCC(CC(=O)Nc2ncc(Br)c(C)c2C)CC1. The molecular weight excluding hydrogens is 346 g/mol. The molecule has 6 heteroatoms. The lowest BCUT2D eigenvalue weighted by molar-refractivity contribution is -0.130. The van der Waals surface area contributed by atoms with Gasteiger partial charge in [-0.1, -0.05) is 0 Å². The Labute approximate surface area is 139 Å². The molecule has 0 unspecified atom stereocenters. The number of likely N-dealkylation sites (tertiary alicyclic amines) is 1. The number of anilines is 1. The predicted octanol–water partition coefficient (Wildman–Crippen LogP) is 3.05. The van der Waals surface area contributed by atoms with Crippen LogP contribution < -0.4 is 5.32 Å². The van der Waals surface area contributed by atoms with Crippen molar-refractivity contribution in [2.24, 2.45) is 5.92 Å². The van der Waals surface area contributed by atoms with Crippen LogP contribution >= 0.6 is 15.9 Å². The predicted molar refractivity (Wildman–Crippen MR) is 89.6 cm³/mol. The molecule has 2 heterocycles. The summed E-state index contributed by atoms with van der Waals surface area (Å²) in [6, 6.07) is 0. The third kappa shape index (κ3) is 4.06. The van der Waals surface area contributed by atoms with Crippen LogP contribution in [0, 0.1) is 19.8 Å². The fourth-order valence-electron chi connectivity index (χ4n) is 2.69. The number of nitrogens with zero attached hydrogens (tertiary/aromatic N) is 2. The molecule has 0 atom stereocenters. The monoisotopic (exact) mass is 367 g/mol. The van der Waals surface area contributed by atoms with Gasteiger partial charge in [0.25, 0.3) is 0 Å². The van der Waals surface area contributed by atoms with Crippen LogP contribution in [0.4, 0.5) is 5.82 Å². The van der Waals surface area contributed by atoms with Gasteiger partial charge in [0.15, 0.2) is 0 Å². The highest BCUT2D eigenvalue weighted by Crippen LogP contribution is 2.25. The van der Waals surface area contributed by atoms with Crippen molar-refractivity contribution in [1.82, 2.24) is 9.88 Å². The van der Waals surface area contributed by atoms with Gasteiger partial charge in [-0.05, 0) is 59.7 Å². The average Bonchev–Trinajstić information content (AvgIpc) is 2.48. The van der Waals surface area contributed by atoms with Gasteiger partial charge in [-0.3, -0.25) is 9.59 Å². The first-order valence-electron chi connectivity index (χ1n) is 7.55. The smallest absolute Gasteiger partial charge is 0.225 e. The quantitative estimate of drug-likeness (QED) is 0.892. The zero-order chi connectivity index (χ0) is 16.3. The van der Waals surface area contributed by atoms with Gasteiger partial charge in [0, 0.05) is 37.1 Å². The lowest BCUT2D eigenvalue weighted by Gasteiger charge is -2.30. The van der Waals surface area contributed by atoms with Crippen molar-refractivity contribution in [3.63, 3.8) is 0 Å². The molecule has 0 radical (unpaired) electrons. The Morgan fingerprint density at radius 2 is 1.95 bits per heavy atom. The van der Waals surface area contributed by atoms with E-state index in [-0.39, 0.29) is 11.8 Å². The van der Waals surface area contributed by atoms with Gasteiger partial charge < -0.3 is 10.2 Å². The minimum atomic E-state index is -0.00130. The number of rotatable bonds is 3. The van der Waals surface area contributed by atoms with E-state index in [9.17, 15) is 9.59 Å². The lowest BCUT2D eigenvalue weighted by Crippen LogP contribution is -2.37. The second-order valence-electron chi connectivity index (χ2n) is 5.91. The van der Waals surface area contributed by atoms with Crippen LogP contribution in [0.25, 0.3) is 0 Å². The van der Waals surface area contributed by atoms with Crippen LogP contribution in [0.3, 0.4) is 0 Å². The first-order valence-corrected chi connectivity index (χ1v) is 8.35. The molecule has 1 N–H and O–H groups in total. The fraction of sp³-hybridized carbons (Fsp3) is 0.562. The Hall–Kier alpha value is -1.43. The lowest BCUT2D eigenvalue weighted by atomic mass is 9.93. The largest absolute Gasteiger partial charge is 0.343 e. The van der Waals surface area contributed by atoms with Gasteiger partial charge in [0.2, 0.25) is 11.8 Å². The Morgan fingerprint density at radius 3 is 2.55 bits per heavy atom. The van der Waals surface area contributed by atoms with E-state index in [0.29, 0.717) is 18.2 Å². The van der Waals surface area contributed by atoms with Crippen molar-refractivity contribution in [2.45, 2.75) is 40.0 Å². The summed E-state index contributed by atoms with van der Waals surface area (Å²) in [5.41, 5.74) is 2.06. The standard InChI is InChI=1S/C16H22BrN3O2/c1-10-11(2)16(18-9-14(10)17)19-15(22)8-13-4-6-20(7-5-13)12(3)21/h9,13H,4-8H2,1-3H3,(H,18,19,22). The van der Waals surface area contributed by atoms with Gasteiger partial charge in [0.05, 0.1) is 0 Å². The number of nitrogens with one attached hydrogen (secondary N) is 1. The first-order chi connectivity index (χ1) is 10.4. The molecule has 0 saturated carbocycles. The Bertz CT molecular complexity index is 581. The number of pyridine rings is 1. The number of halogens is 1. The highest BCUT2D eigenvalue weighted by molar-refractivity contribution is 9.10. The van der Waals surface area contributed by atoms with Crippen molar-refractivity contribution in [3.8, 4) is 0 Å². The second kappa shape index (κ2) is 7.22. The van der Waals surface area contributed by atoms with E-state index in [1.807, 2.05) is 18.7 Å². The molecule has 1 aromatic heterocycles. The van der Waals surface area contributed by atoms with E-state index in [2.05, 4.69) is 26.2 Å². The minimum absolute atomic E-state index is 0.00130. The molecule has 2 amide bonds. The summed E-state index contributed by atoms with van der Waals surface area (Å²) in [5, 5.41) is 2.91. The number of carbonyl (C=O) groups excluding carboxylic acids is 2. The molecule has 22 heavy (non-hydrogen) atoms. The van der Waals surface area contributed by atoms with Crippen molar-refractivity contribution in [2.75, 3.05) is 18.4 Å². The Balaban J connectivity index is 1.89. The summed E-state index contributed by atoms with van der Waals surface area (Å²) in [7, 11) is 0. The second-order valence-corrected chi connectivity index (χ2v) is 6.76. The third-order valence-corrected chi connectivity index (χ3v) is 5.17. The average molecular weight is 368 g/mol. The molecule has 2 rings (SSSR count). The van der Waals surface area contributed by atoms with E-state index in [4.69, 9.17) is 0 Å². The van der Waals surface area contributed by atoms with Crippen molar-refractivity contribution in [1.29, 1.82) is 0 Å². The van der Waals surface area contributed by atoms with E-state index in [1.54, 1.807) is 13.1 Å². The first kappa shape index (κ1) is 16.9. The summed E-state index contributed by atoms with van der Waals surface area (Å²) in [5.74, 6) is 1.09. The maximum atomic E-state index is 12.2. The number of piperidine rings is 1. The van der Waals surface area contributed by atoms with Gasteiger partial charge in [-0.15, -0.1) is 0 Å². The van der Waals surface area contributed by atoms with Crippen LogP contribution in [0.5, 0.6) is 0 Å². The van der Waals surface area contributed by atoms with E-state index < -0.39 is 0 Å². The summed E-state index contributed by atoms with van der Waals surface area (Å²) >= 11 is 3.44. The molecule has 5 nitrogen and oxygen atoms in total. The highest BCUT2D eigenvalue weighted by atomic mass is 79.9. The minimum Gasteiger partial charge on any atom is -0.343 e. The molecule has 1 fully saturated rings. The van der Waals surface area contributed by atoms with Crippen molar-refractivity contribution in [3.05, 3.63) is 21.8 Å². The molecule has 1 aliphatic rings. The normalized spacial score (nSPS) is 15.7. The van der Waals surface area contributed by atoms with Gasteiger partial charge in [0.1, 0.15) is 5.82 Å². The molecule has 0 bridgehead atoms. The molecule has 1 aliphatic heterocycles. The molecule has 0 aliphatic carbocycles. The highest BCUT2D eigenvalue weighted by Gasteiger charge is 2.23. The number of carbonyl (C=O) groups is 2. The topological polar surface area (TPSA) is 62.3 Å². The van der Waals surface area contributed by atoms with Gasteiger partial charge in [-0.2, -0.15) is 0 Å². The van der Waals surface area contributed by atoms with Crippen LogP contribution in [0.2, 0.25) is 0 Å². The number of hydrogen-bond donors (Lipinski definition) is 1. The third-order valence-electron chi connectivity index (χ3n) is 4.37. The van der Waals surface area contributed by atoms with E-state index in [1.165, 1.54) is 0 Å². The molecule has 0 aromatic carbocycles. The van der Waals surface area contributed by atoms with Crippen LogP contribution in [-0.4, -0.2) is 34.8 Å². The molecular formula is C16H22BrN3O2. The van der Waals surface area contributed by atoms with Gasteiger partial charge in [-0.25, -0.2) is 4.98 Å². The summed E-state index contributed by atoms with van der Waals surface area (Å²) in [6.07, 6.45) is 3.98. The number of amides is 2. The van der Waals surface area contributed by atoms with E-state index >= 15 is 0 Å². The zero-order valence-corrected chi connectivity index (χ0v) is 14.9. The van der Waals surface area contributed by atoms with Crippen LogP contribution in [0.15, 0.2) is 10.7 Å². The molecule has 1 aromatic rings. The summed E-state index contributed by atoms with van der Waals surface area (Å²) in [4.78, 5) is 29.6. The van der Waals surface area contributed by atoms with Crippen LogP contribution in [0.1, 0.15) is 37.3 Å².